The molecule has 1 saturated heterocycles. The molecule has 0 N–H and O–H groups in total. The van der Waals surface area contributed by atoms with Gasteiger partial charge in [0.2, 0.25) is 0 Å². The summed E-state index contributed by atoms with van der Waals surface area (Å²) >= 11 is 1.39. The van der Waals surface area contributed by atoms with Gasteiger partial charge in [-0.3, -0.25) is 14.2 Å². The van der Waals surface area contributed by atoms with Gasteiger partial charge in [0, 0.05) is 12.5 Å². The molecule has 0 radical (unpaired) electrons. The molecule has 4 atom stereocenters. The fourth-order valence-electron chi connectivity index (χ4n) is 4.13. The zero-order valence-electron chi connectivity index (χ0n) is 15.2. The summed E-state index contributed by atoms with van der Waals surface area (Å²) in [5, 5.41) is 1.03. The van der Waals surface area contributed by atoms with Crippen LogP contribution in [0, 0.1) is 11.8 Å². The molecule has 26 heavy (non-hydrogen) atoms. The Kier molecular flexibility index (Phi) is 4.78. The van der Waals surface area contributed by atoms with Crippen molar-refractivity contribution < 1.29 is 9.53 Å². The Morgan fingerprint density at radius 2 is 1.96 bits per heavy atom. The number of aromatic nitrogens is 2. The predicted octanol–water partition coefficient (Wildman–Crippen LogP) is 3.80. The standard InChI is InChI=1S/C20H24N2O3S/c1-12-6-5-9-16(13(12)2)22-18(23)14-7-3-4-8-15(14)21-20(22)26-17-10-11-25-19(17)24/h3-4,7-8,12-13,16-17H,5-6,9-11H2,1-2H3/t12-,13+,16+,17+/m0/s1. The lowest BCUT2D eigenvalue weighted by Gasteiger charge is -2.36. The second kappa shape index (κ2) is 7.06. The fraction of sp³-hybridized carbons (Fsp3) is 0.550. The third kappa shape index (κ3) is 3.04. The van der Waals surface area contributed by atoms with Crippen LogP contribution in [0.25, 0.3) is 10.9 Å². The summed E-state index contributed by atoms with van der Waals surface area (Å²) in [6, 6.07) is 7.61. The summed E-state index contributed by atoms with van der Waals surface area (Å²) in [5.74, 6) is 0.773. The van der Waals surface area contributed by atoms with Gasteiger partial charge in [-0.1, -0.05) is 50.6 Å². The van der Waals surface area contributed by atoms with E-state index in [2.05, 4.69) is 13.8 Å². The van der Waals surface area contributed by atoms with Gasteiger partial charge < -0.3 is 4.74 Å². The molecule has 2 aromatic rings. The molecular weight excluding hydrogens is 348 g/mol. The quantitative estimate of drug-likeness (QED) is 0.606. The first-order valence-corrected chi connectivity index (χ1v) is 10.3. The highest BCUT2D eigenvalue weighted by Gasteiger charge is 2.34. The maximum absolute atomic E-state index is 13.3. The van der Waals surface area contributed by atoms with Gasteiger partial charge in [-0.05, 0) is 30.4 Å². The van der Waals surface area contributed by atoms with Crippen molar-refractivity contribution >= 4 is 28.6 Å². The average molecular weight is 372 g/mol. The van der Waals surface area contributed by atoms with E-state index in [0.717, 1.165) is 12.8 Å². The number of cyclic esters (lactones) is 1. The van der Waals surface area contributed by atoms with E-state index >= 15 is 0 Å². The zero-order chi connectivity index (χ0) is 18.3. The van der Waals surface area contributed by atoms with Crippen molar-refractivity contribution in [3.8, 4) is 0 Å². The molecule has 0 unspecified atom stereocenters. The summed E-state index contributed by atoms with van der Waals surface area (Å²) < 4.78 is 6.98. The van der Waals surface area contributed by atoms with Crippen molar-refractivity contribution in [3.63, 3.8) is 0 Å². The lowest BCUT2D eigenvalue weighted by Crippen LogP contribution is -2.35. The molecule has 4 rings (SSSR count). The van der Waals surface area contributed by atoms with Crippen LogP contribution in [0.15, 0.2) is 34.2 Å². The monoisotopic (exact) mass is 372 g/mol. The molecule has 2 aliphatic rings. The number of rotatable bonds is 3. The van der Waals surface area contributed by atoms with E-state index in [1.807, 2.05) is 28.8 Å². The third-order valence-corrected chi connectivity index (χ3v) is 7.12. The molecule has 2 heterocycles. The van der Waals surface area contributed by atoms with E-state index in [9.17, 15) is 9.59 Å². The molecule has 5 nitrogen and oxygen atoms in total. The number of para-hydroxylation sites is 1. The maximum atomic E-state index is 13.3. The first-order valence-electron chi connectivity index (χ1n) is 9.41. The molecule has 1 aliphatic carbocycles. The van der Waals surface area contributed by atoms with Crippen molar-refractivity contribution in [3.05, 3.63) is 34.6 Å². The SMILES string of the molecule is C[C@H]1[C@H](n2c(S[C@@H]3CCOC3=O)nc3ccccc3c2=O)CCC[C@@H]1C. The Morgan fingerprint density at radius 3 is 2.73 bits per heavy atom. The first kappa shape index (κ1) is 17.6. The van der Waals surface area contributed by atoms with Crippen molar-refractivity contribution in [1.29, 1.82) is 0 Å². The van der Waals surface area contributed by atoms with Gasteiger partial charge in [0.25, 0.3) is 5.56 Å². The number of nitrogens with zero attached hydrogens (tertiary/aromatic N) is 2. The molecular formula is C20H24N2O3S. The fourth-order valence-corrected chi connectivity index (χ4v) is 5.25. The van der Waals surface area contributed by atoms with Gasteiger partial charge in [-0.15, -0.1) is 0 Å². The number of carbonyl (C=O) groups excluding carboxylic acids is 1. The number of hydrogen-bond acceptors (Lipinski definition) is 5. The number of hydrogen-bond donors (Lipinski definition) is 0. The molecule has 0 spiro atoms. The van der Waals surface area contributed by atoms with Crippen LogP contribution in [0.5, 0.6) is 0 Å². The summed E-state index contributed by atoms with van der Waals surface area (Å²) in [7, 11) is 0. The van der Waals surface area contributed by atoms with E-state index in [4.69, 9.17) is 9.72 Å². The van der Waals surface area contributed by atoms with E-state index in [1.165, 1.54) is 18.2 Å². The minimum atomic E-state index is -0.273. The van der Waals surface area contributed by atoms with Crippen LogP contribution in [0.1, 0.15) is 45.6 Å². The highest BCUT2D eigenvalue weighted by molar-refractivity contribution is 8.00. The Bertz CT molecular complexity index is 894. The minimum Gasteiger partial charge on any atom is -0.465 e. The van der Waals surface area contributed by atoms with Crippen LogP contribution in [0.3, 0.4) is 0 Å². The molecule has 1 aliphatic heterocycles. The summed E-state index contributed by atoms with van der Waals surface area (Å²) in [6.07, 6.45) is 3.97. The van der Waals surface area contributed by atoms with E-state index in [1.54, 1.807) is 0 Å². The maximum Gasteiger partial charge on any atom is 0.319 e. The van der Waals surface area contributed by atoms with E-state index < -0.39 is 0 Å². The molecule has 138 valence electrons. The number of fused-ring (bicyclic) bond motifs is 1. The Balaban J connectivity index is 1.85. The van der Waals surface area contributed by atoms with Crippen molar-refractivity contribution in [2.45, 2.75) is 56.0 Å². The first-order chi connectivity index (χ1) is 12.6. The normalized spacial score (nSPS) is 29.1. The molecule has 0 bridgehead atoms. The lowest BCUT2D eigenvalue weighted by atomic mass is 9.78. The van der Waals surface area contributed by atoms with Crippen LogP contribution in [-0.2, 0) is 9.53 Å². The van der Waals surface area contributed by atoms with E-state index in [0.29, 0.717) is 40.9 Å². The Hall–Kier alpha value is -1.82. The van der Waals surface area contributed by atoms with Crippen LogP contribution in [-0.4, -0.2) is 27.4 Å². The largest absolute Gasteiger partial charge is 0.465 e. The highest BCUT2D eigenvalue weighted by atomic mass is 32.2. The Morgan fingerprint density at radius 1 is 1.15 bits per heavy atom. The number of carbonyl (C=O) groups is 1. The summed E-state index contributed by atoms with van der Waals surface area (Å²) in [4.78, 5) is 30.1. The summed E-state index contributed by atoms with van der Waals surface area (Å²) in [6.45, 7) is 4.94. The second-order valence-corrected chi connectivity index (χ2v) is 8.65. The van der Waals surface area contributed by atoms with Crippen LogP contribution in [0.2, 0.25) is 0 Å². The van der Waals surface area contributed by atoms with Gasteiger partial charge in [-0.25, -0.2) is 4.98 Å². The molecule has 1 aromatic heterocycles. The number of ether oxygens (including phenoxy) is 1. The predicted molar refractivity (Wildman–Crippen MR) is 102 cm³/mol. The topological polar surface area (TPSA) is 61.2 Å². The molecule has 1 aromatic carbocycles. The highest BCUT2D eigenvalue weighted by Crippen LogP contribution is 2.40. The molecule has 2 fully saturated rings. The minimum absolute atomic E-state index is 0.00964. The second-order valence-electron chi connectivity index (χ2n) is 7.48. The van der Waals surface area contributed by atoms with Crippen molar-refractivity contribution in [2.75, 3.05) is 6.61 Å². The molecule has 6 heteroatoms. The van der Waals surface area contributed by atoms with Crippen molar-refractivity contribution in [1.82, 2.24) is 9.55 Å². The van der Waals surface area contributed by atoms with Gasteiger partial charge in [0.1, 0.15) is 5.25 Å². The number of benzene rings is 1. The van der Waals surface area contributed by atoms with Gasteiger partial charge in [-0.2, -0.15) is 0 Å². The smallest absolute Gasteiger partial charge is 0.319 e. The van der Waals surface area contributed by atoms with E-state index in [-0.39, 0.29) is 22.8 Å². The Labute approximate surface area is 157 Å². The van der Waals surface area contributed by atoms with Crippen LogP contribution < -0.4 is 5.56 Å². The third-order valence-electron chi connectivity index (χ3n) is 5.91. The average Bonchev–Trinajstić information content (AvgIpc) is 3.03. The lowest BCUT2D eigenvalue weighted by molar-refractivity contribution is -0.137. The summed E-state index contributed by atoms with van der Waals surface area (Å²) in [5.41, 5.74) is 0.703. The molecule has 1 saturated carbocycles. The van der Waals surface area contributed by atoms with Crippen molar-refractivity contribution in [2.24, 2.45) is 11.8 Å². The number of esters is 1. The van der Waals surface area contributed by atoms with Crippen LogP contribution in [0.4, 0.5) is 0 Å². The zero-order valence-corrected chi connectivity index (χ0v) is 16.0. The van der Waals surface area contributed by atoms with Crippen LogP contribution >= 0.6 is 11.8 Å². The number of thioether (sulfide) groups is 1. The van der Waals surface area contributed by atoms with Gasteiger partial charge in [0.15, 0.2) is 5.16 Å². The molecule has 0 amide bonds. The van der Waals surface area contributed by atoms with Gasteiger partial charge in [0.05, 0.1) is 17.5 Å². The van der Waals surface area contributed by atoms with Gasteiger partial charge >= 0.3 is 5.97 Å².